The molecule has 6 heavy (non-hydrogen) atoms. The van der Waals surface area contributed by atoms with Gasteiger partial charge in [-0.25, -0.2) is 0 Å². The van der Waals surface area contributed by atoms with Crippen LogP contribution in [0.2, 0.25) is 0 Å². The maximum Gasteiger partial charge on any atom is 0.171 e. The summed E-state index contributed by atoms with van der Waals surface area (Å²) in [5.74, 6) is 0. The van der Waals surface area contributed by atoms with Crippen LogP contribution in [-0.4, -0.2) is 19.5 Å². The standard InChI is InChI=1S/C4H11NP/c1-4-5-6(2)3/h5H,2,4H2,1,3H3/q+1. The lowest BCUT2D eigenvalue weighted by molar-refractivity contribution is 1.03. The van der Waals surface area contributed by atoms with Crippen molar-refractivity contribution >= 4 is 14.0 Å². The third-order valence-corrected chi connectivity index (χ3v) is 1.28. The molecule has 2 heteroatoms. The summed E-state index contributed by atoms with van der Waals surface area (Å²) >= 11 is 0. The summed E-state index contributed by atoms with van der Waals surface area (Å²) < 4.78 is 0. The van der Waals surface area contributed by atoms with E-state index in [-0.39, 0.29) is 7.70 Å². The van der Waals surface area contributed by atoms with E-state index in [1.165, 1.54) is 0 Å². The molecule has 0 aromatic rings. The van der Waals surface area contributed by atoms with E-state index in [1.54, 1.807) is 0 Å². The van der Waals surface area contributed by atoms with Gasteiger partial charge in [0.1, 0.15) is 6.66 Å². The van der Waals surface area contributed by atoms with E-state index in [9.17, 15) is 0 Å². The van der Waals surface area contributed by atoms with Crippen molar-refractivity contribution in [2.24, 2.45) is 0 Å². The molecule has 1 atom stereocenters. The van der Waals surface area contributed by atoms with Gasteiger partial charge in [0.2, 0.25) is 0 Å². The monoisotopic (exact) mass is 104 g/mol. The third kappa shape index (κ3) is 4.13. The third-order valence-electron chi connectivity index (χ3n) is 0.428. The molecule has 0 saturated carbocycles. The lowest BCUT2D eigenvalue weighted by Crippen LogP contribution is -1.98. The Labute approximate surface area is 40.2 Å². The Morgan fingerprint density at radius 1 is 1.83 bits per heavy atom. The first kappa shape index (κ1) is 6.13. The van der Waals surface area contributed by atoms with Gasteiger partial charge in [-0.3, -0.25) is 0 Å². The minimum Gasteiger partial charge on any atom is -0.145 e. The molecule has 1 unspecified atom stereocenters. The van der Waals surface area contributed by atoms with Crippen LogP contribution in [0, 0.1) is 0 Å². The molecule has 1 nitrogen and oxygen atoms in total. The number of hydrogen-bond donors (Lipinski definition) is 1. The van der Waals surface area contributed by atoms with Crippen LogP contribution in [0.4, 0.5) is 0 Å². The molecule has 0 aliphatic carbocycles. The van der Waals surface area contributed by atoms with Gasteiger partial charge >= 0.3 is 0 Å². The highest BCUT2D eigenvalue weighted by atomic mass is 31.1. The zero-order valence-electron chi connectivity index (χ0n) is 4.36. The fourth-order valence-electron chi connectivity index (χ4n) is 0.270. The first-order chi connectivity index (χ1) is 2.77. The Balaban J connectivity index is 2.83. The van der Waals surface area contributed by atoms with Crippen molar-refractivity contribution in [3.63, 3.8) is 0 Å². The second-order valence-corrected chi connectivity index (χ2v) is 2.92. The van der Waals surface area contributed by atoms with Gasteiger partial charge < -0.3 is 0 Å². The van der Waals surface area contributed by atoms with Gasteiger partial charge in [-0.2, -0.15) is 0 Å². The summed E-state index contributed by atoms with van der Waals surface area (Å²) in [6.45, 7) is 5.23. The summed E-state index contributed by atoms with van der Waals surface area (Å²) in [6.07, 6.45) is 3.78. The van der Waals surface area contributed by atoms with Crippen molar-refractivity contribution in [2.75, 3.05) is 13.2 Å². The highest BCUT2D eigenvalue weighted by molar-refractivity contribution is 7.52. The molecule has 0 spiro atoms. The molecule has 0 heterocycles. The maximum absolute atomic E-state index is 3.78. The molecule has 1 N–H and O–H groups in total. The SMILES string of the molecule is C=[P+](C)NCC. The molecular formula is C4H11NP+. The van der Waals surface area contributed by atoms with Crippen molar-refractivity contribution in [3.8, 4) is 0 Å². The normalized spacial score (nSPS) is 11.3. The van der Waals surface area contributed by atoms with Gasteiger partial charge in [-0.05, 0) is 6.92 Å². The van der Waals surface area contributed by atoms with Crippen LogP contribution in [0.1, 0.15) is 6.92 Å². The van der Waals surface area contributed by atoms with Crippen molar-refractivity contribution in [1.82, 2.24) is 5.09 Å². The van der Waals surface area contributed by atoms with E-state index in [0.717, 1.165) is 6.54 Å². The van der Waals surface area contributed by atoms with Gasteiger partial charge in [-0.15, -0.1) is 5.09 Å². The Morgan fingerprint density at radius 3 is 2.33 bits per heavy atom. The first-order valence-corrected chi connectivity index (χ1v) is 4.02. The largest absolute Gasteiger partial charge is 0.171 e. The van der Waals surface area contributed by atoms with Gasteiger partial charge in [0.15, 0.2) is 7.70 Å². The second kappa shape index (κ2) is 3.32. The van der Waals surface area contributed by atoms with E-state index in [4.69, 9.17) is 0 Å². The van der Waals surface area contributed by atoms with Crippen molar-refractivity contribution in [1.29, 1.82) is 0 Å². The molecule has 0 aliphatic rings. The lowest BCUT2D eigenvalue weighted by Gasteiger charge is -1.79. The van der Waals surface area contributed by atoms with E-state index < -0.39 is 0 Å². The van der Waals surface area contributed by atoms with Crippen LogP contribution in [0.15, 0.2) is 0 Å². The smallest absolute Gasteiger partial charge is 0.145 e. The number of nitrogens with one attached hydrogen (secondary N) is 1. The molecule has 0 radical (unpaired) electrons. The Bertz CT molecular complexity index is 51.5. The van der Waals surface area contributed by atoms with Crippen LogP contribution in [0.5, 0.6) is 0 Å². The molecule has 0 aromatic heterocycles. The number of rotatable bonds is 2. The molecule has 0 bridgehead atoms. The fourth-order valence-corrected chi connectivity index (χ4v) is 0.810. The first-order valence-electron chi connectivity index (χ1n) is 2.05. The Kier molecular flexibility index (Phi) is 3.40. The molecule has 0 saturated heterocycles. The Hall–Kier alpha value is 0.130. The van der Waals surface area contributed by atoms with Crippen LogP contribution in [0.25, 0.3) is 0 Å². The second-order valence-electron chi connectivity index (χ2n) is 1.21. The molecular weight excluding hydrogens is 93.0 g/mol. The van der Waals surface area contributed by atoms with Crippen molar-refractivity contribution < 1.29 is 0 Å². The van der Waals surface area contributed by atoms with Crippen LogP contribution in [-0.2, 0) is 0 Å². The van der Waals surface area contributed by atoms with Crippen LogP contribution >= 0.6 is 7.70 Å². The summed E-state index contributed by atoms with van der Waals surface area (Å²) in [5.41, 5.74) is 0. The molecule has 0 amide bonds. The zero-order chi connectivity index (χ0) is 4.99. The average molecular weight is 104 g/mol. The highest BCUT2D eigenvalue weighted by Crippen LogP contribution is 2.01. The van der Waals surface area contributed by atoms with Gasteiger partial charge in [0.05, 0.1) is 6.30 Å². The molecule has 36 valence electrons. The Morgan fingerprint density at radius 2 is 2.33 bits per heavy atom. The predicted octanol–water partition coefficient (Wildman–Crippen LogP) is 1.05. The fraction of sp³-hybridized carbons (Fsp3) is 0.750. The zero-order valence-corrected chi connectivity index (χ0v) is 5.26. The van der Waals surface area contributed by atoms with Crippen LogP contribution < -0.4 is 5.09 Å². The lowest BCUT2D eigenvalue weighted by atomic mass is 10.8. The van der Waals surface area contributed by atoms with Gasteiger partial charge in [0.25, 0.3) is 0 Å². The van der Waals surface area contributed by atoms with Crippen LogP contribution in [0.3, 0.4) is 0 Å². The summed E-state index contributed by atoms with van der Waals surface area (Å²) in [5, 5.41) is 3.16. The maximum atomic E-state index is 3.78. The minimum absolute atomic E-state index is 0.101. The quantitative estimate of drug-likeness (QED) is 0.516. The average Bonchev–Trinajstić information content (AvgIpc) is 1.35. The molecule has 0 rings (SSSR count). The minimum atomic E-state index is -0.101. The summed E-state index contributed by atoms with van der Waals surface area (Å²) in [7, 11) is -0.101. The molecule has 0 aromatic carbocycles. The van der Waals surface area contributed by atoms with Crippen molar-refractivity contribution in [2.45, 2.75) is 6.92 Å². The topological polar surface area (TPSA) is 12.0 Å². The molecule has 0 aliphatic heterocycles. The van der Waals surface area contributed by atoms with E-state index in [2.05, 4.69) is 25.0 Å². The van der Waals surface area contributed by atoms with Crippen molar-refractivity contribution in [3.05, 3.63) is 0 Å². The summed E-state index contributed by atoms with van der Waals surface area (Å²) in [4.78, 5) is 0. The summed E-state index contributed by atoms with van der Waals surface area (Å²) in [6, 6.07) is 0. The van der Waals surface area contributed by atoms with E-state index in [0.29, 0.717) is 0 Å². The van der Waals surface area contributed by atoms with E-state index in [1.807, 2.05) is 0 Å². The van der Waals surface area contributed by atoms with Gasteiger partial charge in [0, 0.05) is 6.54 Å². The van der Waals surface area contributed by atoms with E-state index >= 15 is 0 Å². The number of hydrogen-bond acceptors (Lipinski definition) is 1. The molecule has 0 fully saturated rings. The predicted molar refractivity (Wildman–Crippen MR) is 33.6 cm³/mol. The van der Waals surface area contributed by atoms with Gasteiger partial charge in [-0.1, -0.05) is 0 Å². The highest BCUT2D eigenvalue weighted by Gasteiger charge is 1.85.